The fourth-order valence-corrected chi connectivity index (χ4v) is 3.09. The molecule has 5 heteroatoms. The normalized spacial score (nSPS) is 21.8. The zero-order valence-electron chi connectivity index (χ0n) is 11.7. The number of hydrogen-bond donors (Lipinski definition) is 1. The average Bonchev–Trinajstić information content (AvgIpc) is 3.23. The molecule has 0 aromatic carbocycles. The van der Waals surface area contributed by atoms with E-state index in [0.29, 0.717) is 12.1 Å². The summed E-state index contributed by atoms with van der Waals surface area (Å²) >= 11 is 0. The molecule has 2 heterocycles. The van der Waals surface area contributed by atoms with Crippen molar-refractivity contribution in [1.29, 1.82) is 0 Å². The molecule has 20 heavy (non-hydrogen) atoms. The van der Waals surface area contributed by atoms with Gasteiger partial charge < -0.3 is 9.88 Å². The number of aryl methyl sites for hydroxylation is 1. The third-order valence-electron chi connectivity index (χ3n) is 4.37. The van der Waals surface area contributed by atoms with Crippen LogP contribution in [0.4, 0.5) is 0 Å². The van der Waals surface area contributed by atoms with Gasteiger partial charge in [0.15, 0.2) is 5.82 Å². The van der Waals surface area contributed by atoms with Crippen molar-refractivity contribution in [2.45, 2.75) is 44.2 Å². The Hall–Kier alpha value is -1.75. The monoisotopic (exact) mass is 269 g/mol. The summed E-state index contributed by atoms with van der Waals surface area (Å²) in [5.41, 5.74) is 3.52. The fourth-order valence-electron chi connectivity index (χ4n) is 3.09. The van der Waals surface area contributed by atoms with Gasteiger partial charge in [0.1, 0.15) is 5.69 Å². The Morgan fingerprint density at radius 3 is 2.95 bits per heavy atom. The predicted octanol–water partition coefficient (Wildman–Crippen LogP) is 2.27. The number of nitrogens with one attached hydrogen (secondary N) is 1. The van der Waals surface area contributed by atoms with Crippen molar-refractivity contribution in [2.75, 3.05) is 7.05 Å². The number of imidazole rings is 1. The van der Waals surface area contributed by atoms with E-state index in [2.05, 4.69) is 19.9 Å². The summed E-state index contributed by atoms with van der Waals surface area (Å²) in [6.07, 6.45) is 11.7. The minimum absolute atomic E-state index is 0.404. The molecule has 0 spiro atoms. The second-order valence-electron chi connectivity index (χ2n) is 5.75. The highest BCUT2D eigenvalue weighted by atomic mass is 15.1. The summed E-state index contributed by atoms with van der Waals surface area (Å²) in [6, 6.07) is 1.01. The molecule has 1 saturated carbocycles. The van der Waals surface area contributed by atoms with Crippen LogP contribution in [0.1, 0.15) is 49.0 Å². The molecule has 0 saturated heterocycles. The third kappa shape index (κ3) is 1.93. The van der Waals surface area contributed by atoms with Gasteiger partial charge >= 0.3 is 0 Å². The van der Waals surface area contributed by atoms with Gasteiger partial charge in [-0.3, -0.25) is 0 Å². The molecule has 1 N–H and O–H groups in total. The van der Waals surface area contributed by atoms with Crippen LogP contribution in [-0.2, 0) is 6.42 Å². The largest absolute Gasteiger partial charge is 0.325 e. The molecule has 5 nitrogen and oxygen atoms in total. The Morgan fingerprint density at radius 2 is 2.15 bits per heavy atom. The van der Waals surface area contributed by atoms with Gasteiger partial charge in [-0.25, -0.2) is 15.0 Å². The molecule has 2 aliphatic carbocycles. The van der Waals surface area contributed by atoms with Gasteiger partial charge in [-0.2, -0.15) is 0 Å². The first-order chi connectivity index (χ1) is 9.86. The molecule has 0 bridgehead atoms. The van der Waals surface area contributed by atoms with E-state index in [4.69, 9.17) is 4.98 Å². The van der Waals surface area contributed by atoms with E-state index in [9.17, 15) is 0 Å². The lowest BCUT2D eigenvalue weighted by Crippen LogP contribution is -2.23. The molecule has 104 valence electrons. The van der Waals surface area contributed by atoms with Gasteiger partial charge in [-0.05, 0) is 39.2 Å². The first-order valence-corrected chi connectivity index (χ1v) is 7.42. The van der Waals surface area contributed by atoms with Crippen molar-refractivity contribution in [3.05, 3.63) is 30.0 Å². The van der Waals surface area contributed by atoms with E-state index in [0.717, 1.165) is 17.9 Å². The molecule has 1 atom stereocenters. The van der Waals surface area contributed by atoms with E-state index in [1.807, 2.05) is 25.8 Å². The molecule has 4 rings (SSSR count). The lowest BCUT2D eigenvalue weighted by atomic mass is 9.92. The first kappa shape index (κ1) is 12.0. The fraction of sp³-hybridized carbons (Fsp3) is 0.533. The molecule has 2 aromatic rings. The summed E-state index contributed by atoms with van der Waals surface area (Å²) in [4.78, 5) is 13.7. The summed E-state index contributed by atoms with van der Waals surface area (Å²) in [6.45, 7) is 0. The molecule has 1 fully saturated rings. The Bertz CT molecular complexity index is 629. The molecule has 2 aliphatic rings. The third-order valence-corrected chi connectivity index (χ3v) is 4.37. The van der Waals surface area contributed by atoms with Gasteiger partial charge in [0.05, 0.1) is 12.5 Å². The minimum atomic E-state index is 0.404. The zero-order chi connectivity index (χ0) is 13.5. The number of nitrogens with zero attached hydrogens (tertiary/aromatic N) is 4. The van der Waals surface area contributed by atoms with Crippen LogP contribution < -0.4 is 5.32 Å². The molecular formula is C15H19N5. The number of fused-ring (bicyclic) bond motifs is 1. The van der Waals surface area contributed by atoms with Crippen LogP contribution in [0.2, 0.25) is 0 Å². The van der Waals surface area contributed by atoms with Crippen molar-refractivity contribution in [2.24, 2.45) is 0 Å². The Balaban J connectivity index is 1.74. The molecular weight excluding hydrogens is 250 g/mol. The summed E-state index contributed by atoms with van der Waals surface area (Å²) in [5, 5.41) is 3.36. The van der Waals surface area contributed by atoms with Gasteiger partial charge in [-0.1, -0.05) is 0 Å². The van der Waals surface area contributed by atoms with Crippen LogP contribution in [0, 0.1) is 0 Å². The maximum atomic E-state index is 4.81. The van der Waals surface area contributed by atoms with Crippen LogP contribution in [0.15, 0.2) is 18.7 Å². The molecule has 2 aromatic heterocycles. The lowest BCUT2D eigenvalue weighted by molar-refractivity contribution is 0.487. The van der Waals surface area contributed by atoms with E-state index in [1.54, 1.807) is 0 Å². The second kappa shape index (κ2) is 4.66. The van der Waals surface area contributed by atoms with E-state index >= 15 is 0 Å². The van der Waals surface area contributed by atoms with Gasteiger partial charge in [0, 0.05) is 29.5 Å². The summed E-state index contributed by atoms with van der Waals surface area (Å²) in [7, 11) is 2.01. The second-order valence-corrected chi connectivity index (χ2v) is 5.75. The standard InChI is InChI=1S/C15H19N5/c1-16-12-3-2-4-13-11(12)7-18-15(19-13)14-8-17-9-20(14)10-5-6-10/h7-10,12,16H,2-6H2,1H3. The highest BCUT2D eigenvalue weighted by molar-refractivity contribution is 5.50. The quantitative estimate of drug-likeness (QED) is 0.928. The topological polar surface area (TPSA) is 55.6 Å². The van der Waals surface area contributed by atoms with E-state index in [-0.39, 0.29) is 0 Å². The number of rotatable bonds is 3. The Kier molecular flexibility index (Phi) is 2.80. The van der Waals surface area contributed by atoms with E-state index < -0.39 is 0 Å². The van der Waals surface area contributed by atoms with Crippen molar-refractivity contribution in [3.8, 4) is 11.5 Å². The highest BCUT2D eigenvalue weighted by Gasteiger charge is 2.27. The van der Waals surface area contributed by atoms with Gasteiger partial charge in [0.2, 0.25) is 0 Å². The first-order valence-electron chi connectivity index (χ1n) is 7.42. The lowest BCUT2D eigenvalue weighted by Gasteiger charge is -2.24. The zero-order valence-corrected chi connectivity index (χ0v) is 11.7. The maximum absolute atomic E-state index is 4.81. The van der Waals surface area contributed by atoms with Crippen molar-refractivity contribution < 1.29 is 0 Å². The van der Waals surface area contributed by atoms with Crippen LogP contribution in [0.5, 0.6) is 0 Å². The minimum Gasteiger partial charge on any atom is -0.325 e. The summed E-state index contributed by atoms with van der Waals surface area (Å²) in [5.74, 6) is 0.824. The molecule has 1 unspecified atom stereocenters. The SMILES string of the molecule is CNC1CCCc2nc(-c3cncn3C3CC3)ncc21. The smallest absolute Gasteiger partial charge is 0.178 e. The Labute approximate surface area is 118 Å². The molecule has 0 aliphatic heterocycles. The molecule has 0 radical (unpaired) electrons. The number of aromatic nitrogens is 4. The van der Waals surface area contributed by atoms with Crippen LogP contribution in [-0.4, -0.2) is 26.6 Å². The predicted molar refractivity (Wildman–Crippen MR) is 76.3 cm³/mol. The van der Waals surface area contributed by atoms with Gasteiger partial charge in [-0.15, -0.1) is 0 Å². The van der Waals surface area contributed by atoms with Crippen LogP contribution in [0.25, 0.3) is 11.5 Å². The van der Waals surface area contributed by atoms with Crippen molar-refractivity contribution in [3.63, 3.8) is 0 Å². The van der Waals surface area contributed by atoms with Crippen molar-refractivity contribution in [1.82, 2.24) is 24.8 Å². The van der Waals surface area contributed by atoms with Crippen LogP contribution in [0.3, 0.4) is 0 Å². The maximum Gasteiger partial charge on any atom is 0.178 e. The highest BCUT2D eigenvalue weighted by Crippen LogP contribution is 2.38. The summed E-state index contributed by atoms with van der Waals surface area (Å²) < 4.78 is 2.22. The van der Waals surface area contributed by atoms with Gasteiger partial charge in [0.25, 0.3) is 0 Å². The molecule has 0 amide bonds. The van der Waals surface area contributed by atoms with Crippen molar-refractivity contribution >= 4 is 0 Å². The van der Waals surface area contributed by atoms with Crippen LogP contribution >= 0.6 is 0 Å². The van der Waals surface area contributed by atoms with E-state index in [1.165, 1.54) is 36.9 Å². The average molecular weight is 269 g/mol. The Morgan fingerprint density at radius 1 is 1.25 bits per heavy atom. The number of hydrogen-bond acceptors (Lipinski definition) is 4.